The fourth-order valence-corrected chi connectivity index (χ4v) is 3.58. The van der Waals surface area contributed by atoms with Crippen molar-refractivity contribution < 1.29 is 0 Å². The summed E-state index contributed by atoms with van der Waals surface area (Å²) >= 11 is 0. The van der Waals surface area contributed by atoms with Gasteiger partial charge in [-0.25, -0.2) is 5.01 Å². The molecule has 1 heterocycles. The van der Waals surface area contributed by atoms with Crippen LogP contribution in [0.3, 0.4) is 0 Å². The Labute approximate surface area is 158 Å². The van der Waals surface area contributed by atoms with E-state index in [4.69, 9.17) is 5.10 Å². The first kappa shape index (κ1) is 15.6. The van der Waals surface area contributed by atoms with Crippen molar-refractivity contribution in [1.82, 2.24) is 5.32 Å². The molecule has 1 N–H and O–H groups in total. The number of rotatable bonds is 3. The molecule has 1 atom stereocenters. The van der Waals surface area contributed by atoms with Gasteiger partial charge in [-0.3, -0.25) is 0 Å². The summed E-state index contributed by atoms with van der Waals surface area (Å²) < 4.78 is 0. The normalized spacial score (nSPS) is 16.2. The van der Waals surface area contributed by atoms with Crippen LogP contribution in [0.25, 0.3) is 10.8 Å². The van der Waals surface area contributed by atoms with E-state index in [0.717, 1.165) is 17.1 Å². The number of fused-ring (bicyclic) bond motifs is 1. The van der Waals surface area contributed by atoms with Gasteiger partial charge in [0.05, 0.1) is 5.69 Å². The number of hydrogen-bond acceptors (Lipinski definition) is 3. The Morgan fingerprint density at radius 2 is 1.33 bits per heavy atom. The SMILES string of the molecule is c1ccc(C2=NN(c3cccc4ccccc34)C(c3ccccc3)N2)cc1. The molecule has 3 heteroatoms. The Balaban J connectivity index is 1.66. The number of anilines is 1. The third-order valence-corrected chi connectivity index (χ3v) is 4.90. The topological polar surface area (TPSA) is 27.6 Å². The van der Waals surface area contributed by atoms with E-state index in [1.54, 1.807) is 0 Å². The molecule has 27 heavy (non-hydrogen) atoms. The first-order chi connectivity index (χ1) is 13.4. The predicted molar refractivity (Wildman–Crippen MR) is 112 cm³/mol. The summed E-state index contributed by atoms with van der Waals surface area (Å²) in [5, 5.41) is 13.1. The monoisotopic (exact) mass is 349 g/mol. The van der Waals surface area contributed by atoms with Crippen LogP contribution in [-0.4, -0.2) is 5.84 Å². The summed E-state index contributed by atoms with van der Waals surface area (Å²) in [6.07, 6.45) is -0.0489. The molecule has 0 aliphatic carbocycles. The zero-order valence-corrected chi connectivity index (χ0v) is 14.8. The standard InChI is InChI=1S/C24H19N3/c1-3-11-19(12-4-1)23-25-24(20-13-5-2-6-14-20)27(26-23)22-17-9-15-18-10-7-8-16-21(18)22/h1-17,24H,(H,25,26). The molecule has 0 amide bonds. The Morgan fingerprint density at radius 1 is 0.667 bits per heavy atom. The highest BCUT2D eigenvalue weighted by Crippen LogP contribution is 2.35. The summed E-state index contributed by atoms with van der Waals surface area (Å²) in [7, 11) is 0. The van der Waals surface area contributed by atoms with Crippen LogP contribution >= 0.6 is 0 Å². The predicted octanol–water partition coefficient (Wildman–Crippen LogP) is 5.31. The fourth-order valence-electron chi connectivity index (χ4n) is 3.58. The fraction of sp³-hybridized carbons (Fsp3) is 0.0417. The molecule has 1 aliphatic rings. The van der Waals surface area contributed by atoms with E-state index in [-0.39, 0.29) is 6.17 Å². The summed E-state index contributed by atoms with van der Waals surface area (Å²) in [4.78, 5) is 0. The van der Waals surface area contributed by atoms with Gasteiger partial charge in [0.1, 0.15) is 6.17 Å². The molecule has 5 rings (SSSR count). The van der Waals surface area contributed by atoms with Crippen molar-refractivity contribution in [3.63, 3.8) is 0 Å². The molecule has 130 valence electrons. The van der Waals surface area contributed by atoms with E-state index in [1.165, 1.54) is 16.3 Å². The molecule has 0 spiro atoms. The van der Waals surface area contributed by atoms with E-state index < -0.39 is 0 Å². The Kier molecular flexibility index (Phi) is 3.83. The molecule has 4 aromatic carbocycles. The molecular formula is C24H19N3. The van der Waals surface area contributed by atoms with Crippen LogP contribution in [0, 0.1) is 0 Å². The first-order valence-corrected chi connectivity index (χ1v) is 9.13. The maximum absolute atomic E-state index is 4.98. The Morgan fingerprint density at radius 3 is 2.15 bits per heavy atom. The van der Waals surface area contributed by atoms with E-state index in [0.29, 0.717) is 0 Å². The number of benzene rings is 4. The van der Waals surface area contributed by atoms with E-state index in [1.807, 2.05) is 24.3 Å². The van der Waals surface area contributed by atoms with Gasteiger partial charge in [0, 0.05) is 10.9 Å². The van der Waals surface area contributed by atoms with Crippen molar-refractivity contribution in [2.24, 2.45) is 5.10 Å². The Bertz CT molecular complexity index is 1100. The van der Waals surface area contributed by atoms with Crippen molar-refractivity contribution in [3.05, 3.63) is 114 Å². The zero-order valence-electron chi connectivity index (χ0n) is 14.8. The maximum Gasteiger partial charge on any atom is 0.155 e. The molecule has 1 aliphatic heterocycles. The van der Waals surface area contributed by atoms with Crippen molar-refractivity contribution in [2.45, 2.75) is 6.17 Å². The number of nitrogens with one attached hydrogen (secondary N) is 1. The third kappa shape index (κ3) is 2.83. The molecule has 4 aromatic rings. The smallest absolute Gasteiger partial charge is 0.155 e. The quantitative estimate of drug-likeness (QED) is 0.543. The van der Waals surface area contributed by atoms with Crippen LogP contribution in [-0.2, 0) is 0 Å². The van der Waals surface area contributed by atoms with Gasteiger partial charge in [-0.15, -0.1) is 0 Å². The highest BCUT2D eigenvalue weighted by atomic mass is 15.6. The highest BCUT2D eigenvalue weighted by Gasteiger charge is 2.29. The van der Waals surface area contributed by atoms with E-state index in [9.17, 15) is 0 Å². The number of hydrogen-bond donors (Lipinski definition) is 1. The lowest BCUT2D eigenvalue weighted by molar-refractivity contribution is 0.655. The van der Waals surface area contributed by atoms with Crippen LogP contribution in [0.4, 0.5) is 5.69 Å². The molecule has 1 unspecified atom stereocenters. The molecule has 0 saturated carbocycles. The van der Waals surface area contributed by atoms with Gasteiger partial charge in [-0.05, 0) is 17.0 Å². The van der Waals surface area contributed by atoms with Crippen molar-refractivity contribution in [2.75, 3.05) is 5.01 Å². The van der Waals surface area contributed by atoms with E-state index >= 15 is 0 Å². The molecule has 0 bridgehead atoms. The average Bonchev–Trinajstić information content (AvgIpc) is 3.20. The summed E-state index contributed by atoms with van der Waals surface area (Å²) in [5.74, 6) is 0.886. The lowest BCUT2D eigenvalue weighted by Gasteiger charge is -2.25. The van der Waals surface area contributed by atoms with Crippen LogP contribution < -0.4 is 10.3 Å². The van der Waals surface area contributed by atoms with Gasteiger partial charge in [0.25, 0.3) is 0 Å². The van der Waals surface area contributed by atoms with E-state index in [2.05, 4.69) is 89.2 Å². The lowest BCUT2D eigenvalue weighted by Crippen LogP contribution is -2.30. The van der Waals surface area contributed by atoms with Gasteiger partial charge in [-0.2, -0.15) is 5.10 Å². The molecule has 3 nitrogen and oxygen atoms in total. The van der Waals surface area contributed by atoms with Crippen molar-refractivity contribution >= 4 is 22.3 Å². The number of hydrazone groups is 1. The van der Waals surface area contributed by atoms with Gasteiger partial charge in [0.15, 0.2) is 5.84 Å². The van der Waals surface area contributed by atoms with Crippen molar-refractivity contribution in [3.8, 4) is 0 Å². The zero-order chi connectivity index (χ0) is 18.1. The largest absolute Gasteiger partial charge is 0.343 e. The third-order valence-electron chi connectivity index (χ3n) is 4.90. The molecule has 0 fully saturated rings. The minimum atomic E-state index is -0.0489. The van der Waals surface area contributed by atoms with Gasteiger partial charge >= 0.3 is 0 Å². The summed E-state index contributed by atoms with van der Waals surface area (Å²) in [6.45, 7) is 0. The molecule has 0 saturated heterocycles. The second-order valence-electron chi connectivity index (χ2n) is 6.62. The molecular weight excluding hydrogens is 330 g/mol. The highest BCUT2D eigenvalue weighted by molar-refractivity contribution is 6.03. The minimum Gasteiger partial charge on any atom is -0.343 e. The van der Waals surface area contributed by atoms with Gasteiger partial charge in [0.2, 0.25) is 0 Å². The second kappa shape index (κ2) is 6.61. The average molecular weight is 349 g/mol. The Hall–Kier alpha value is -3.59. The number of amidine groups is 1. The summed E-state index contributed by atoms with van der Waals surface area (Å²) in [5.41, 5.74) is 3.36. The van der Waals surface area contributed by atoms with Crippen LogP contribution in [0.5, 0.6) is 0 Å². The van der Waals surface area contributed by atoms with Crippen molar-refractivity contribution in [1.29, 1.82) is 0 Å². The lowest BCUT2D eigenvalue weighted by atomic mass is 10.1. The van der Waals surface area contributed by atoms with Gasteiger partial charge in [-0.1, -0.05) is 97.1 Å². The van der Waals surface area contributed by atoms with Crippen LogP contribution in [0.15, 0.2) is 108 Å². The van der Waals surface area contributed by atoms with Crippen LogP contribution in [0.2, 0.25) is 0 Å². The minimum absolute atomic E-state index is 0.0489. The number of nitrogens with zero attached hydrogens (tertiary/aromatic N) is 2. The second-order valence-corrected chi connectivity index (χ2v) is 6.62. The molecule has 0 aromatic heterocycles. The maximum atomic E-state index is 4.98. The van der Waals surface area contributed by atoms with Crippen LogP contribution in [0.1, 0.15) is 17.3 Å². The molecule has 0 radical (unpaired) electrons. The first-order valence-electron chi connectivity index (χ1n) is 9.13. The summed E-state index contributed by atoms with van der Waals surface area (Å²) in [6, 6.07) is 35.5. The van der Waals surface area contributed by atoms with Gasteiger partial charge < -0.3 is 5.32 Å².